The number of nitrogen functional groups attached to an aromatic ring is 1. The first-order valence-corrected chi connectivity index (χ1v) is 6.79. The Labute approximate surface area is 121 Å². The van der Waals surface area contributed by atoms with E-state index in [1.54, 1.807) is 29.3 Å². The van der Waals surface area contributed by atoms with E-state index in [-0.39, 0.29) is 11.8 Å². The molecule has 1 saturated heterocycles. The van der Waals surface area contributed by atoms with E-state index < -0.39 is 0 Å². The maximum atomic E-state index is 12.0. The van der Waals surface area contributed by atoms with Gasteiger partial charge in [-0.15, -0.1) is 0 Å². The van der Waals surface area contributed by atoms with Gasteiger partial charge < -0.3 is 20.9 Å². The van der Waals surface area contributed by atoms with Crippen LogP contribution in [-0.2, 0) is 4.79 Å². The molecule has 0 spiro atoms. The standard InChI is InChI=1S/C15H16N4O2/c16-10-8-13(17-9-10)15(21)18-11-3-5-12(6-4-11)19-7-1-2-14(19)20/h3-6,8-9,17H,1-2,7,16H2,(H,18,21). The van der Waals surface area contributed by atoms with Crippen LogP contribution in [0.15, 0.2) is 36.5 Å². The van der Waals surface area contributed by atoms with Crippen LogP contribution in [0.3, 0.4) is 0 Å². The lowest BCUT2D eigenvalue weighted by atomic mass is 10.2. The third-order valence-corrected chi connectivity index (χ3v) is 3.46. The highest BCUT2D eigenvalue weighted by atomic mass is 16.2. The summed E-state index contributed by atoms with van der Waals surface area (Å²) in [6.45, 7) is 0.756. The zero-order chi connectivity index (χ0) is 14.8. The fourth-order valence-corrected chi connectivity index (χ4v) is 2.39. The number of benzene rings is 1. The summed E-state index contributed by atoms with van der Waals surface area (Å²) in [5.74, 6) is -0.106. The van der Waals surface area contributed by atoms with Crippen molar-refractivity contribution < 1.29 is 9.59 Å². The van der Waals surface area contributed by atoms with Crippen molar-refractivity contribution in [2.45, 2.75) is 12.8 Å². The van der Waals surface area contributed by atoms with Gasteiger partial charge in [0.05, 0.1) is 0 Å². The molecule has 1 aliphatic heterocycles. The number of carbonyl (C=O) groups is 2. The molecule has 0 atom stereocenters. The molecule has 21 heavy (non-hydrogen) atoms. The minimum Gasteiger partial charge on any atom is -0.397 e. The van der Waals surface area contributed by atoms with E-state index in [0.29, 0.717) is 23.5 Å². The molecule has 0 bridgehead atoms. The number of nitrogens with one attached hydrogen (secondary N) is 2. The molecule has 6 heteroatoms. The smallest absolute Gasteiger partial charge is 0.272 e. The Morgan fingerprint density at radius 1 is 1.29 bits per heavy atom. The third kappa shape index (κ3) is 2.74. The summed E-state index contributed by atoms with van der Waals surface area (Å²) in [6, 6.07) is 8.81. The number of nitrogens with zero attached hydrogens (tertiary/aromatic N) is 1. The number of hydrogen-bond donors (Lipinski definition) is 3. The highest BCUT2D eigenvalue weighted by molar-refractivity contribution is 6.03. The molecule has 2 aromatic rings. The molecule has 2 amide bonds. The van der Waals surface area contributed by atoms with E-state index in [0.717, 1.165) is 18.7 Å². The molecule has 4 N–H and O–H groups in total. The fourth-order valence-electron chi connectivity index (χ4n) is 2.39. The normalized spacial score (nSPS) is 14.5. The van der Waals surface area contributed by atoms with E-state index in [9.17, 15) is 9.59 Å². The van der Waals surface area contributed by atoms with Crippen molar-refractivity contribution in [2.24, 2.45) is 0 Å². The SMILES string of the molecule is Nc1c[nH]c(C(=O)Nc2ccc(N3CCCC3=O)cc2)c1. The van der Waals surface area contributed by atoms with Crippen molar-refractivity contribution in [3.63, 3.8) is 0 Å². The number of nitrogens with two attached hydrogens (primary N) is 1. The van der Waals surface area contributed by atoms with E-state index >= 15 is 0 Å². The van der Waals surface area contributed by atoms with Gasteiger partial charge in [0.25, 0.3) is 5.91 Å². The van der Waals surface area contributed by atoms with Crippen molar-refractivity contribution >= 4 is 28.9 Å². The topological polar surface area (TPSA) is 91.2 Å². The monoisotopic (exact) mass is 284 g/mol. The maximum Gasteiger partial charge on any atom is 0.272 e. The predicted molar refractivity (Wildman–Crippen MR) is 81.2 cm³/mol. The maximum absolute atomic E-state index is 12.0. The van der Waals surface area contributed by atoms with Gasteiger partial charge in [-0.2, -0.15) is 0 Å². The second kappa shape index (κ2) is 5.32. The molecule has 1 aromatic heterocycles. The molecular formula is C15H16N4O2. The van der Waals surface area contributed by atoms with Crippen LogP contribution in [0, 0.1) is 0 Å². The Morgan fingerprint density at radius 2 is 2.05 bits per heavy atom. The van der Waals surface area contributed by atoms with Gasteiger partial charge in [0.1, 0.15) is 5.69 Å². The highest BCUT2D eigenvalue weighted by Crippen LogP contribution is 2.23. The second-order valence-electron chi connectivity index (χ2n) is 5.00. The average molecular weight is 284 g/mol. The second-order valence-corrected chi connectivity index (χ2v) is 5.00. The lowest BCUT2D eigenvalue weighted by Crippen LogP contribution is -2.23. The number of aromatic nitrogens is 1. The molecule has 0 aliphatic carbocycles. The zero-order valence-electron chi connectivity index (χ0n) is 11.4. The van der Waals surface area contributed by atoms with E-state index in [2.05, 4.69) is 10.3 Å². The van der Waals surface area contributed by atoms with Crippen LogP contribution in [-0.4, -0.2) is 23.3 Å². The van der Waals surface area contributed by atoms with Crippen LogP contribution in [0.2, 0.25) is 0 Å². The van der Waals surface area contributed by atoms with Gasteiger partial charge in [0.15, 0.2) is 0 Å². The summed E-state index contributed by atoms with van der Waals surface area (Å²) in [7, 11) is 0. The minimum absolute atomic E-state index is 0.147. The first-order chi connectivity index (χ1) is 10.1. The van der Waals surface area contributed by atoms with Gasteiger partial charge in [0.2, 0.25) is 5.91 Å². The van der Waals surface area contributed by atoms with E-state index in [1.807, 2.05) is 12.1 Å². The summed E-state index contributed by atoms with van der Waals surface area (Å²) >= 11 is 0. The number of anilines is 3. The van der Waals surface area contributed by atoms with E-state index in [1.165, 1.54) is 0 Å². The molecule has 1 fully saturated rings. The average Bonchev–Trinajstić information content (AvgIpc) is 3.08. The van der Waals surface area contributed by atoms with Crippen molar-refractivity contribution in [1.82, 2.24) is 4.98 Å². The Morgan fingerprint density at radius 3 is 2.62 bits per heavy atom. The summed E-state index contributed by atoms with van der Waals surface area (Å²) in [5.41, 5.74) is 8.02. The molecule has 2 heterocycles. The first kappa shape index (κ1) is 13.2. The van der Waals surface area contributed by atoms with Crippen LogP contribution in [0.5, 0.6) is 0 Å². The van der Waals surface area contributed by atoms with Crippen LogP contribution in [0.4, 0.5) is 17.1 Å². The summed E-state index contributed by atoms with van der Waals surface area (Å²) in [6.07, 6.45) is 3.06. The number of carbonyl (C=O) groups excluding carboxylic acids is 2. The molecule has 1 aliphatic rings. The molecule has 0 saturated carbocycles. The van der Waals surface area contributed by atoms with Crippen molar-refractivity contribution in [3.05, 3.63) is 42.2 Å². The number of H-pyrrole nitrogens is 1. The fraction of sp³-hybridized carbons (Fsp3) is 0.200. The van der Waals surface area contributed by atoms with Crippen LogP contribution in [0.25, 0.3) is 0 Å². The summed E-state index contributed by atoms with van der Waals surface area (Å²) < 4.78 is 0. The summed E-state index contributed by atoms with van der Waals surface area (Å²) in [5, 5.41) is 2.77. The van der Waals surface area contributed by atoms with Crippen molar-refractivity contribution in [1.29, 1.82) is 0 Å². The molecule has 6 nitrogen and oxygen atoms in total. The largest absolute Gasteiger partial charge is 0.397 e. The van der Waals surface area contributed by atoms with Gasteiger partial charge in [-0.1, -0.05) is 0 Å². The number of hydrogen-bond acceptors (Lipinski definition) is 3. The molecule has 0 radical (unpaired) electrons. The first-order valence-electron chi connectivity index (χ1n) is 6.79. The van der Waals surface area contributed by atoms with E-state index in [4.69, 9.17) is 5.73 Å². The quantitative estimate of drug-likeness (QED) is 0.804. The zero-order valence-corrected chi connectivity index (χ0v) is 11.4. The third-order valence-electron chi connectivity index (χ3n) is 3.46. The van der Waals surface area contributed by atoms with Gasteiger partial charge in [-0.25, -0.2) is 0 Å². The lowest BCUT2D eigenvalue weighted by Gasteiger charge is -2.16. The van der Waals surface area contributed by atoms with Gasteiger partial charge in [-0.05, 0) is 36.8 Å². The number of rotatable bonds is 3. The Kier molecular flexibility index (Phi) is 3.35. The number of amides is 2. The Bertz CT molecular complexity index is 675. The molecular weight excluding hydrogens is 268 g/mol. The van der Waals surface area contributed by atoms with Crippen molar-refractivity contribution in [3.8, 4) is 0 Å². The van der Waals surface area contributed by atoms with Crippen LogP contribution >= 0.6 is 0 Å². The molecule has 3 rings (SSSR count). The number of aromatic amines is 1. The Hall–Kier alpha value is -2.76. The van der Waals surface area contributed by atoms with Crippen LogP contribution < -0.4 is 16.0 Å². The summed E-state index contributed by atoms with van der Waals surface area (Å²) in [4.78, 5) is 28.2. The van der Waals surface area contributed by atoms with Gasteiger partial charge in [-0.3, -0.25) is 9.59 Å². The molecule has 1 aromatic carbocycles. The van der Waals surface area contributed by atoms with Gasteiger partial charge in [0, 0.05) is 36.2 Å². The highest BCUT2D eigenvalue weighted by Gasteiger charge is 2.21. The minimum atomic E-state index is -0.253. The molecule has 108 valence electrons. The van der Waals surface area contributed by atoms with Crippen molar-refractivity contribution in [2.75, 3.05) is 22.5 Å². The predicted octanol–water partition coefficient (Wildman–Crippen LogP) is 1.98. The lowest BCUT2D eigenvalue weighted by molar-refractivity contribution is -0.117. The van der Waals surface area contributed by atoms with Crippen LogP contribution in [0.1, 0.15) is 23.3 Å². The van der Waals surface area contributed by atoms with Gasteiger partial charge >= 0.3 is 0 Å². The Balaban J connectivity index is 1.69. The molecule has 0 unspecified atom stereocenters.